The Morgan fingerprint density at radius 2 is 1.94 bits per heavy atom. The molecule has 0 radical (unpaired) electrons. The largest absolute Gasteiger partial charge is 0.396 e. The van der Waals surface area contributed by atoms with Gasteiger partial charge < -0.3 is 10.8 Å². The monoisotopic (exact) mass is 226 g/mol. The van der Waals surface area contributed by atoms with Crippen LogP contribution in [0.1, 0.15) is 44.9 Å². The molecule has 2 fully saturated rings. The first-order chi connectivity index (χ1) is 7.81. The topological polar surface area (TPSA) is 49.5 Å². The van der Waals surface area contributed by atoms with Crippen LogP contribution in [0.3, 0.4) is 0 Å². The summed E-state index contributed by atoms with van der Waals surface area (Å²) in [6, 6.07) is 1.00. The van der Waals surface area contributed by atoms with Crippen LogP contribution in [-0.2, 0) is 0 Å². The summed E-state index contributed by atoms with van der Waals surface area (Å²) in [4.78, 5) is 2.59. The third-order valence-corrected chi connectivity index (χ3v) is 4.36. The van der Waals surface area contributed by atoms with Gasteiger partial charge in [-0.05, 0) is 38.1 Å². The molecule has 0 spiro atoms. The number of hydrogen-bond acceptors (Lipinski definition) is 3. The Labute approximate surface area is 99.0 Å². The minimum atomic E-state index is 0.342. The zero-order valence-corrected chi connectivity index (χ0v) is 10.3. The van der Waals surface area contributed by atoms with Crippen molar-refractivity contribution in [1.82, 2.24) is 4.90 Å². The van der Waals surface area contributed by atoms with Crippen LogP contribution in [0.25, 0.3) is 0 Å². The van der Waals surface area contributed by atoms with E-state index in [1.54, 1.807) is 0 Å². The second-order valence-corrected chi connectivity index (χ2v) is 5.53. The van der Waals surface area contributed by atoms with Crippen LogP contribution in [0, 0.1) is 5.92 Å². The number of hydrogen-bond donors (Lipinski definition) is 2. The number of nitrogens with zero attached hydrogens (tertiary/aromatic N) is 1. The van der Waals surface area contributed by atoms with E-state index >= 15 is 0 Å². The molecule has 16 heavy (non-hydrogen) atoms. The molecule has 3 unspecified atom stereocenters. The number of likely N-dealkylation sites (tertiary alicyclic amines) is 1. The lowest BCUT2D eigenvalue weighted by molar-refractivity contribution is 0.186. The van der Waals surface area contributed by atoms with Crippen molar-refractivity contribution in [2.75, 3.05) is 19.7 Å². The molecule has 3 nitrogen and oxygen atoms in total. The molecule has 0 aromatic carbocycles. The number of aliphatic hydroxyl groups excluding tert-OH is 1. The molecule has 94 valence electrons. The highest BCUT2D eigenvalue weighted by molar-refractivity contribution is 4.88. The first-order valence-electron chi connectivity index (χ1n) is 6.91. The van der Waals surface area contributed by atoms with E-state index in [4.69, 9.17) is 10.8 Å². The summed E-state index contributed by atoms with van der Waals surface area (Å²) in [7, 11) is 0. The molecule has 2 aliphatic rings. The van der Waals surface area contributed by atoms with Crippen LogP contribution in [0.15, 0.2) is 0 Å². The first kappa shape index (κ1) is 12.3. The second kappa shape index (κ2) is 5.99. The smallest absolute Gasteiger partial charge is 0.0434 e. The Morgan fingerprint density at radius 1 is 1.12 bits per heavy atom. The van der Waals surface area contributed by atoms with Crippen molar-refractivity contribution < 1.29 is 5.11 Å². The van der Waals surface area contributed by atoms with Crippen molar-refractivity contribution in [2.24, 2.45) is 11.7 Å². The minimum Gasteiger partial charge on any atom is -0.396 e. The third kappa shape index (κ3) is 2.96. The number of nitrogens with two attached hydrogens (primary N) is 1. The summed E-state index contributed by atoms with van der Waals surface area (Å²) in [5, 5.41) is 8.98. The average Bonchev–Trinajstić information content (AvgIpc) is 2.61. The maximum Gasteiger partial charge on any atom is 0.0434 e. The number of rotatable bonds is 3. The fourth-order valence-corrected chi connectivity index (χ4v) is 3.35. The summed E-state index contributed by atoms with van der Waals surface area (Å²) >= 11 is 0. The molecule has 1 aliphatic carbocycles. The highest BCUT2D eigenvalue weighted by atomic mass is 16.3. The van der Waals surface area contributed by atoms with Crippen LogP contribution >= 0.6 is 0 Å². The highest BCUT2D eigenvalue weighted by Gasteiger charge is 2.31. The van der Waals surface area contributed by atoms with Gasteiger partial charge in [0.05, 0.1) is 0 Å². The van der Waals surface area contributed by atoms with E-state index in [2.05, 4.69) is 4.90 Å². The Morgan fingerprint density at radius 3 is 2.75 bits per heavy atom. The molecular formula is C13H26N2O. The van der Waals surface area contributed by atoms with Crippen LogP contribution in [0.5, 0.6) is 0 Å². The molecule has 1 saturated heterocycles. The van der Waals surface area contributed by atoms with E-state index in [-0.39, 0.29) is 0 Å². The summed E-state index contributed by atoms with van der Waals surface area (Å²) in [6.45, 7) is 2.71. The van der Waals surface area contributed by atoms with Crippen molar-refractivity contribution in [1.29, 1.82) is 0 Å². The van der Waals surface area contributed by atoms with Crippen LogP contribution in [0.4, 0.5) is 0 Å². The Balaban J connectivity index is 1.86. The van der Waals surface area contributed by atoms with Gasteiger partial charge in [0.1, 0.15) is 0 Å². The van der Waals surface area contributed by atoms with Gasteiger partial charge in [-0.1, -0.05) is 19.3 Å². The van der Waals surface area contributed by atoms with Gasteiger partial charge >= 0.3 is 0 Å². The normalized spacial score (nSPS) is 37.5. The van der Waals surface area contributed by atoms with Crippen molar-refractivity contribution in [2.45, 2.75) is 57.0 Å². The quantitative estimate of drug-likeness (QED) is 0.714. The Kier molecular flexibility index (Phi) is 4.62. The molecule has 1 heterocycles. The van der Waals surface area contributed by atoms with Crippen LogP contribution < -0.4 is 5.73 Å². The third-order valence-electron chi connectivity index (χ3n) is 4.36. The van der Waals surface area contributed by atoms with Gasteiger partial charge in [0.25, 0.3) is 0 Å². The van der Waals surface area contributed by atoms with Crippen molar-refractivity contribution in [3.63, 3.8) is 0 Å². The zero-order valence-electron chi connectivity index (χ0n) is 10.3. The lowest BCUT2D eigenvalue weighted by atomic mass is 10.0. The molecule has 1 aliphatic heterocycles. The van der Waals surface area contributed by atoms with Crippen molar-refractivity contribution in [3.05, 3.63) is 0 Å². The Hall–Kier alpha value is -0.120. The summed E-state index contributed by atoms with van der Waals surface area (Å²) in [5.74, 6) is 0.709. The van der Waals surface area contributed by atoms with Crippen LogP contribution in [0.2, 0.25) is 0 Å². The lowest BCUT2D eigenvalue weighted by Crippen LogP contribution is -2.46. The molecule has 2 rings (SSSR count). The van der Waals surface area contributed by atoms with Gasteiger partial charge in [-0.15, -0.1) is 0 Å². The van der Waals surface area contributed by atoms with Crippen molar-refractivity contribution >= 4 is 0 Å². The summed E-state index contributed by atoms with van der Waals surface area (Å²) < 4.78 is 0. The van der Waals surface area contributed by atoms with Crippen LogP contribution in [-0.4, -0.2) is 41.8 Å². The molecule has 0 aromatic rings. The van der Waals surface area contributed by atoms with E-state index in [1.807, 2.05) is 0 Å². The SMILES string of the molecule is NC1CCCCCC1N1CCC(CCO)C1. The zero-order chi connectivity index (χ0) is 11.4. The molecule has 3 N–H and O–H groups in total. The number of aliphatic hydroxyl groups is 1. The molecule has 3 heteroatoms. The average molecular weight is 226 g/mol. The van der Waals surface area contributed by atoms with E-state index in [1.165, 1.54) is 51.6 Å². The maximum atomic E-state index is 8.98. The van der Waals surface area contributed by atoms with Gasteiger partial charge in [-0.3, -0.25) is 4.90 Å². The molecular weight excluding hydrogens is 200 g/mol. The molecule has 0 aromatic heterocycles. The van der Waals surface area contributed by atoms with E-state index in [0.717, 1.165) is 6.42 Å². The molecule has 3 atom stereocenters. The second-order valence-electron chi connectivity index (χ2n) is 5.53. The van der Waals surface area contributed by atoms with Crippen molar-refractivity contribution in [3.8, 4) is 0 Å². The fourth-order valence-electron chi connectivity index (χ4n) is 3.35. The Bertz CT molecular complexity index is 210. The van der Waals surface area contributed by atoms with E-state index < -0.39 is 0 Å². The predicted molar refractivity (Wildman–Crippen MR) is 66.2 cm³/mol. The minimum absolute atomic E-state index is 0.342. The molecule has 0 amide bonds. The standard InChI is InChI=1S/C13H26N2O/c14-12-4-2-1-3-5-13(12)15-8-6-11(10-15)7-9-16/h11-13,16H,1-10,14H2. The van der Waals surface area contributed by atoms with E-state index in [9.17, 15) is 0 Å². The maximum absolute atomic E-state index is 8.98. The molecule has 0 bridgehead atoms. The van der Waals surface area contributed by atoms with E-state index in [0.29, 0.717) is 24.6 Å². The van der Waals surface area contributed by atoms with Gasteiger partial charge in [0, 0.05) is 25.2 Å². The van der Waals surface area contributed by atoms with Gasteiger partial charge in [-0.2, -0.15) is 0 Å². The summed E-state index contributed by atoms with van der Waals surface area (Å²) in [6.07, 6.45) is 8.73. The highest BCUT2D eigenvalue weighted by Crippen LogP contribution is 2.27. The predicted octanol–water partition coefficient (Wildman–Crippen LogP) is 1.35. The van der Waals surface area contributed by atoms with Gasteiger partial charge in [-0.25, -0.2) is 0 Å². The first-order valence-corrected chi connectivity index (χ1v) is 6.91. The van der Waals surface area contributed by atoms with Gasteiger partial charge in [0.15, 0.2) is 0 Å². The fraction of sp³-hybridized carbons (Fsp3) is 1.00. The molecule has 1 saturated carbocycles. The lowest BCUT2D eigenvalue weighted by Gasteiger charge is -2.31. The van der Waals surface area contributed by atoms with Gasteiger partial charge in [0.2, 0.25) is 0 Å². The summed E-state index contributed by atoms with van der Waals surface area (Å²) in [5.41, 5.74) is 6.29.